The highest BCUT2D eigenvalue weighted by Gasteiger charge is 2.24. The van der Waals surface area contributed by atoms with Gasteiger partial charge in [0.05, 0.1) is 6.04 Å². The Bertz CT molecular complexity index is 591. The smallest absolute Gasteiger partial charge is 0.272 e. The molecular formula is C10H11N3OS2. The third-order valence-electron chi connectivity index (χ3n) is 3.05. The number of rotatable bonds is 1. The second kappa shape index (κ2) is 3.71. The number of H-pyrrole nitrogens is 2. The number of hydrogen-bond acceptors (Lipinski definition) is 3. The van der Waals surface area contributed by atoms with Gasteiger partial charge in [-0.3, -0.25) is 9.67 Å². The van der Waals surface area contributed by atoms with Crippen LogP contribution in [-0.4, -0.2) is 14.8 Å². The molecule has 3 rings (SSSR count). The molecule has 2 N–H and O–H groups in total. The highest BCUT2D eigenvalue weighted by molar-refractivity contribution is 7.71. The molecule has 1 unspecified atom stereocenters. The summed E-state index contributed by atoms with van der Waals surface area (Å²) in [5.41, 5.74) is 1.12. The van der Waals surface area contributed by atoms with Crippen LogP contribution in [0, 0.1) is 4.77 Å². The average molecular weight is 253 g/mol. The lowest BCUT2D eigenvalue weighted by atomic mass is 9.94. The molecule has 2 aromatic heterocycles. The van der Waals surface area contributed by atoms with Gasteiger partial charge in [-0.25, -0.2) is 9.89 Å². The van der Waals surface area contributed by atoms with Crippen LogP contribution in [0.3, 0.4) is 0 Å². The first-order valence-electron chi connectivity index (χ1n) is 5.23. The molecule has 16 heavy (non-hydrogen) atoms. The molecule has 1 aliphatic carbocycles. The fraction of sp³-hybridized carbons (Fsp3) is 0.400. The molecule has 0 bridgehead atoms. The maximum atomic E-state index is 11.7. The van der Waals surface area contributed by atoms with E-state index in [1.807, 2.05) is 0 Å². The number of aromatic amines is 2. The summed E-state index contributed by atoms with van der Waals surface area (Å²) in [5, 5.41) is 7.33. The Morgan fingerprint density at radius 2 is 2.38 bits per heavy atom. The molecular weight excluding hydrogens is 242 g/mol. The fourth-order valence-corrected chi connectivity index (χ4v) is 3.58. The number of fused-ring (bicyclic) bond motifs is 1. The summed E-state index contributed by atoms with van der Waals surface area (Å²) in [4.78, 5) is 13.1. The molecule has 0 radical (unpaired) electrons. The predicted octanol–water partition coefficient (Wildman–Crippen LogP) is 2.22. The molecule has 0 aliphatic heterocycles. The SMILES string of the molecule is O=c1[nH][nH]c(=S)n1C1CCCc2sccc21. The Morgan fingerprint density at radius 1 is 1.50 bits per heavy atom. The third-order valence-corrected chi connectivity index (χ3v) is 4.34. The van der Waals surface area contributed by atoms with E-state index in [1.165, 1.54) is 10.4 Å². The number of thiophene rings is 1. The fourth-order valence-electron chi connectivity index (χ4n) is 2.33. The van der Waals surface area contributed by atoms with Crippen molar-refractivity contribution >= 4 is 23.6 Å². The van der Waals surface area contributed by atoms with Crippen molar-refractivity contribution in [2.45, 2.75) is 25.3 Å². The van der Waals surface area contributed by atoms with E-state index in [-0.39, 0.29) is 11.7 Å². The highest BCUT2D eigenvalue weighted by atomic mass is 32.1. The van der Waals surface area contributed by atoms with Gasteiger partial charge in [0.15, 0.2) is 4.77 Å². The van der Waals surface area contributed by atoms with Gasteiger partial charge in [-0.2, -0.15) is 0 Å². The Kier molecular flexibility index (Phi) is 2.33. The summed E-state index contributed by atoms with van der Waals surface area (Å²) in [6, 6.07) is 2.22. The van der Waals surface area contributed by atoms with Crippen molar-refractivity contribution < 1.29 is 0 Å². The van der Waals surface area contributed by atoms with E-state index in [0.29, 0.717) is 4.77 Å². The number of hydrogen-bond donors (Lipinski definition) is 2. The molecule has 0 saturated heterocycles. The molecule has 6 heteroatoms. The highest BCUT2D eigenvalue weighted by Crippen LogP contribution is 2.35. The van der Waals surface area contributed by atoms with Crippen LogP contribution in [-0.2, 0) is 6.42 Å². The lowest BCUT2D eigenvalue weighted by Gasteiger charge is -2.22. The van der Waals surface area contributed by atoms with Crippen LogP contribution in [0.15, 0.2) is 16.2 Å². The van der Waals surface area contributed by atoms with Crippen LogP contribution in [0.2, 0.25) is 0 Å². The van der Waals surface area contributed by atoms with Crippen LogP contribution in [0.25, 0.3) is 0 Å². The van der Waals surface area contributed by atoms with Crippen molar-refractivity contribution in [3.63, 3.8) is 0 Å². The summed E-state index contributed by atoms with van der Waals surface area (Å²) in [7, 11) is 0. The monoisotopic (exact) mass is 253 g/mol. The van der Waals surface area contributed by atoms with Gasteiger partial charge in [0.25, 0.3) is 0 Å². The van der Waals surface area contributed by atoms with Crippen LogP contribution in [0.1, 0.15) is 29.3 Å². The van der Waals surface area contributed by atoms with Crippen molar-refractivity contribution in [2.75, 3.05) is 0 Å². The minimum absolute atomic E-state index is 0.109. The number of aromatic nitrogens is 3. The predicted molar refractivity (Wildman–Crippen MR) is 65.6 cm³/mol. The van der Waals surface area contributed by atoms with Crippen molar-refractivity contribution in [1.29, 1.82) is 0 Å². The third kappa shape index (κ3) is 1.41. The molecule has 2 aromatic rings. The molecule has 2 heterocycles. The Balaban J connectivity index is 2.18. The first kappa shape index (κ1) is 10.0. The van der Waals surface area contributed by atoms with Crippen molar-refractivity contribution in [2.24, 2.45) is 0 Å². The van der Waals surface area contributed by atoms with Gasteiger partial charge < -0.3 is 0 Å². The number of aryl methyl sites for hydroxylation is 1. The van der Waals surface area contributed by atoms with Gasteiger partial charge in [0.2, 0.25) is 0 Å². The van der Waals surface area contributed by atoms with E-state index in [0.717, 1.165) is 19.3 Å². The van der Waals surface area contributed by atoms with Crippen molar-refractivity contribution in [3.05, 3.63) is 37.1 Å². The van der Waals surface area contributed by atoms with Gasteiger partial charge >= 0.3 is 5.69 Å². The van der Waals surface area contributed by atoms with Gasteiger partial charge in [0.1, 0.15) is 0 Å². The maximum Gasteiger partial charge on any atom is 0.342 e. The average Bonchev–Trinajstić information content (AvgIpc) is 2.86. The van der Waals surface area contributed by atoms with Crippen LogP contribution in [0.4, 0.5) is 0 Å². The summed E-state index contributed by atoms with van der Waals surface area (Å²) >= 11 is 6.90. The lowest BCUT2D eigenvalue weighted by molar-refractivity contribution is 0.479. The van der Waals surface area contributed by atoms with Gasteiger partial charge in [0, 0.05) is 4.88 Å². The first-order valence-corrected chi connectivity index (χ1v) is 6.51. The number of nitrogens with one attached hydrogen (secondary N) is 2. The Hall–Kier alpha value is -1.14. The molecule has 1 atom stereocenters. The Labute approximate surface area is 101 Å². The quantitative estimate of drug-likeness (QED) is 0.766. The van der Waals surface area contributed by atoms with Crippen LogP contribution >= 0.6 is 23.6 Å². The molecule has 0 fully saturated rings. The van der Waals surface area contributed by atoms with E-state index in [4.69, 9.17) is 12.2 Å². The zero-order valence-electron chi connectivity index (χ0n) is 8.53. The topological polar surface area (TPSA) is 53.6 Å². The summed E-state index contributed by atoms with van der Waals surface area (Å²) in [6.07, 6.45) is 3.22. The van der Waals surface area contributed by atoms with Gasteiger partial charge in [-0.05, 0) is 48.5 Å². The molecule has 4 nitrogen and oxygen atoms in total. The minimum atomic E-state index is -0.144. The normalized spacial score (nSPS) is 19.6. The Morgan fingerprint density at radius 3 is 3.12 bits per heavy atom. The van der Waals surface area contributed by atoms with E-state index in [2.05, 4.69) is 21.6 Å². The van der Waals surface area contributed by atoms with E-state index >= 15 is 0 Å². The van der Waals surface area contributed by atoms with E-state index in [9.17, 15) is 4.79 Å². The summed E-state index contributed by atoms with van der Waals surface area (Å²) in [5.74, 6) is 0. The largest absolute Gasteiger partial charge is 0.342 e. The first-order chi connectivity index (χ1) is 7.77. The van der Waals surface area contributed by atoms with E-state index < -0.39 is 0 Å². The zero-order chi connectivity index (χ0) is 11.1. The van der Waals surface area contributed by atoms with Crippen LogP contribution in [0.5, 0.6) is 0 Å². The van der Waals surface area contributed by atoms with Crippen molar-refractivity contribution in [1.82, 2.24) is 14.8 Å². The number of nitrogens with zero attached hydrogens (tertiary/aromatic N) is 1. The second-order valence-electron chi connectivity index (χ2n) is 3.94. The zero-order valence-corrected chi connectivity index (χ0v) is 10.2. The minimum Gasteiger partial charge on any atom is -0.272 e. The molecule has 0 aromatic carbocycles. The molecule has 0 saturated carbocycles. The van der Waals surface area contributed by atoms with Gasteiger partial charge in [-0.15, -0.1) is 11.3 Å². The molecule has 0 amide bonds. The summed E-state index contributed by atoms with van der Waals surface area (Å²) < 4.78 is 2.13. The lowest BCUT2D eigenvalue weighted by Crippen LogP contribution is -2.25. The molecule has 84 valence electrons. The molecule has 1 aliphatic rings. The van der Waals surface area contributed by atoms with Crippen LogP contribution < -0.4 is 5.69 Å². The van der Waals surface area contributed by atoms with Crippen molar-refractivity contribution in [3.8, 4) is 0 Å². The van der Waals surface area contributed by atoms with E-state index in [1.54, 1.807) is 15.9 Å². The summed E-state index contributed by atoms with van der Waals surface area (Å²) in [6.45, 7) is 0. The standard InChI is InChI=1S/C10H11N3OS2/c14-9-11-12-10(15)13(9)7-2-1-3-8-6(7)4-5-16-8/h4-5,7H,1-3H2,(H,11,14)(H,12,15). The molecule has 0 spiro atoms. The van der Waals surface area contributed by atoms with Gasteiger partial charge in [-0.1, -0.05) is 0 Å². The second-order valence-corrected chi connectivity index (χ2v) is 5.32. The maximum absolute atomic E-state index is 11.7.